The second kappa shape index (κ2) is 4.57. The number of carboxylic acid groups (broad SMARTS) is 1. The highest BCUT2D eigenvalue weighted by Crippen LogP contribution is 1.99. The van der Waals surface area contributed by atoms with Gasteiger partial charge in [-0.25, -0.2) is 4.79 Å². The first-order chi connectivity index (χ1) is 4.72. The summed E-state index contributed by atoms with van der Waals surface area (Å²) < 4.78 is 0. The molecule has 0 fully saturated rings. The van der Waals surface area contributed by atoms with Crippen molar-refractivity contribution < 1.29 is 9.90 Å². The van der Waals surface area contributed by atoms with E-state index in [1.807, 2.05) is 0 Å². The van der Waals surface area contributed by atoms with E-state index < -0.39 is 12.0 Å². The van der Waals surface area contributed by atoms with Gasteiger partial charge in [0.05, 0.1) is 0 Å². The molecular formula is C7H9NO2. The van der Waals surface area contributed by atoms with Crippen molar-refractivity contribution in [1.29, 1.82) is 0 Å². The molecule has 0 radical (unpaired) electrons. The first kappa shape index (κ1) is 8.70. The lowest BCUT2D eigenvalue weighted by molar-refractivity contribution is -0.138. The molecule has 0 saturated carbocycles. The lowest BCUT2D eigenvalue weighted by atomic mass is 10.2. The average molecular weight is 139 g/mol. The second-order valence-electron chi connectivity index (χ2n) is 1.78. The number of aliphatic carboxylic acids is 1. The molecule has 0 spiro atoms. The number of hydrogen-bond donors (Lipinski definition) is 1. The summed E-state index contributed by atoms with van der Waals surface area (Å²) in [6.07, 6.45) is 5.72. The summed E-state index contributed by atoms with van der Waals surface area (Å²) in [7, 11) is 0. The van der Waals surface area contributed by atoms with E-state index in [0.717, 1.165) is 0 Å². The normalized spacial score (nSPS) is 11.5. The average Bonchev–Trinajstić information content (AvgIpc) is 1.89. The topological polar surface area (TPSA) is 49.7 Å². The molecule has 10 heavy (non-hydrogen) atoms. The summed E-state index contributed by atoms with van der Waals surface area (Å²) in [6.45, 7) is 3.14. The van der Waals surface area contributed by atoms with Crippen molar-refractivity contribution in [3.8, 4) is 12.3 Å². The number of terminal acetylenes is 1. The number of aliphatic imine (C=N–C) groups is 1. The molecule has 0 rings (SSSR count). The summed E-state index contributed by atoms with van der Waals surface area (Å²) in [5, 5.41) is 8.40. The molecule has 0 aliphatic rings. The van der Waals surface area contributed by atoms with E-state index >= 15 is 0 Å². The Labute approximate surface area is 59.8 Å². The Kier molecular flexibility index (Phi) is 3.97. The zero-order chi connectivity index (χ0) is 7.98. The largest absolute Gasteiger partial charge is 0.480 e. The van der Waals surface area contributed by atoms with E-state index in [-0.39, 0.29) is 0 Å². The van der Waals surface area contributed by atoms with E-state index in [0.29, 0.717) is 12.8 Å². The van der Waals surface area contributed by atoms with Gasteiger partial charge in [-0.3, -0.25) is 4.99 Å². The van der Waals surface area contributed by atoms with Crippen molar-refractivity contribution in [2.45, 2.75) is 18.9 Å². The lowest BCUT2D eigenvalue weighted by Gasteiger charge is -2.01. The van der Waals surface area contributed by atoms with E-state index in [9.17, 15) is 4.79 Å². The van der Waals surface area contributed by atoms with Gasteiger partial charge in [-0.15, -0.1) is 12.3 Å². The Morgan fingerprint density at radius 1 is 1.90 bits per heavy atom. The van der Waals surface area contributed by atoms with Gasteiger partial charge in [0, 0.05) is 6.42 Å². The highest BCUT2D eigenvalue weighted by atomic mass is 16.4. The van der Waals surface area contributed by atoms with Crippen LogP contribution in [-0.4, -0.2) is 23.8 Å². The number of carbonyl (C=O) groups is 1. The van der Waals surface area contributed by atoms with Crippen LogP contribution in [0.3, 0.4) is 0 Å². The van der Waals surface area contributed by atoms with Gasteiger partial charge >= 0.3 is 5.97 Å². The maximum absolute atomic E-state index is 10.2. The van der Waals surface area contributed by atoms with Crippen molar-refractivity contribution in [2.75, 3.05) is 0 Å². The fourth-order valence-corrected chi connectivity index (χ4v) is 0.513. The van der Waals surface area contributed by atoms with Crippen LogP contribution < -0.4 is 0 Å². The van der Waals surface area contributed by atoms with Gasteiger partial charge in [0.25, 0.3) is 0 Å². The monoisotopic (exact) mass is 139 g/mol. The van der Waals surface area contributed by atoms with Gasteiger partial charge in [0.1, 0.15) is 6.04 Å². The van der Waals surface area contributed by atoms with Gasteiger partial charge in [-0.05, 0) is 13.1 Å². The Balaban J connectivity index is 3.74. The smallest absolute Gasteiger partial charge is 0.328 e. The number of hydrogen-bond acceptors (Lipinski definition) is 2. The molecule has 0 saturated heterocycles. The molecule has 0 heterocycles. The molecule has 0 aliphatic carbocycles. The molecular weight excluding hydrogens is 130 g/mol. The number of rotatable bonds is 4. The molecule has 0 bridgehead atoms. The van der Waals surface area contributed by atoms with Crippen molar-refractivity contribution in [1.82, 2.24) is 0 Å². The van der Waals surface area contributed by atoms with Crippen LogP contribution in [0.25, 0.3) is 0 Å². The lowest BCUT2D eigenvalue weighted by Crippen LogP contribution is -2.16. The van der Waals surface area contributed by atoms with Crippen LogP contribution in [0.1, 0.15) is 12.8 Å². The van der Waals surface area contributed by atoms with Crippen LogP contribution in [0, 0.1) is 12.3 Å². The molecule has 54 valence electrons. The van der Waals surface area contributed by atoms with Crippen LogP contribution >= 0.6 is 0 Å². The Hall–Kier alpha value is -1.30. The summed E-state index contributed by atoms with van der Waals surface area (Å²) in [5.74, 6) is 1.37. The van der Waals surface area contributed by atoms with Crippen LogP contribution in [0.4, 0.5) is 0 Å². The Morgan fingerprint density at radius 3 is 2.80 bits per heavy atom. The van der Waals surface area contributed by atoms with Crippen LogP contribution in [-0.2, 0) is 4.79 Å². The molecule has 0 aromatic carbocycles. The minimum Gasteiger partial charge on any atom is -0.480 e. The summed E-state index contributed by atoms with van der Waals surface area (Å²) in [6, 6.07) is -0.740. The highest BCUT2D eigenvalue weighted by molar-refractivity contribution is 5.74. The Morgan fingerprint density at radius 2 is 2.50 bits per heavy atom. The van der Waals surface area contributed by atoms with Crippen molar-refractivity contribution in [3.05, 3.63) is 0 Å². The third kappa shape index (κ3) is 2.88. The SMILES string of the molecule is C#CCC[C@H](N=C)C(=O)O. The van der Waals surface area contributed by atoms with Crippen molar-refractivity contribution >= 4 is 12.7 Å². The molecule has 3 nitrogen and oxygen atoms in total. The number of carboxylic acids is 1. The summed E-state index contributed by atoms with van der Waals surface area (Å²) >= 11 is 0. The molecule has 0 aromatic rings. The van der Waals surface area contributed by atoms with Gasteiger partial charge < -0.3 is 5.11 Å². The van der Waals surface area contributed by atoms with Gasteiger partial charge in [0.2, 0.25) is 0 Å². The van der Waals surface area contributed by atoms with Crippen LogP contribution in [0.5, 0.6) is 0 Å². The zero-order valence-electron chi connectivity index (χ0n) is 5.58. The minimum atomic E-state index is -0.967. The van der Waals surface area contributed by atoms with E-state index in [1.165, 1.54) is 0 Å². The van der Waals surface area contributed by atoms with E-state index in [2.05, 4.69) is 17.6 Å². The maximum Gasteiger partial charge on any atom is 0.328 e. The predicted octanol–water partition coefficient (Wildman–Crippen LogP) is 0.554. The molecule has 1 atom stereocenters. The van der Waals surface area contributed by atoms with Crippen molar-refractivity contribution in [3.63, 3.8) is 0 Å². The molecule has 0 aliphatic heterocycles. The number of nitrogens with zero attached hydrogens (tertiary/aromatic N) is 1. The molecule has 3 heteroatoms. The second-order valence-corrected chi connectivity index (χ2v) is 1.78. The van der Waals surface area contributed by atoms with Crippen LogP contribution in [0.2, 0.25) is 0 Å². The third-order valence-electron chi connectivity index (χ3n) is 1.07. The third-order valence-corrected chi connectivity index (χ3v) is 1.07. The fraction of sp³-hybridized carbons (Fsp3) is 0.429. The molecule has 0 unspecified atom stereocenters. The summed E-state index contributed by atoms with van der Waals surface area (Å²) in [4.78, 5) is 13.6. The van der Waals surface area contributed by atoms with Gasteiger partial charge in [-0.1, -0.05) is 0 Å². The quantitative estimate of drug-likeness (QED) is 0.457. The highest BCUT2D eigenvalue weighted by Gasteiger charge is 2.12. The fourth-order valence-electron chi connectivity index (χ4n) is 0.513. The zero-order valence-corrected chi connectivity index (χ0v) is 5.58. The summed E-state index contributed by atoms with van der Waals surface area (Å²) in [5.41, 5.74) is 0. The van der Waals surface area contributed by atoms with E-state index in [1.54, 1.807) is 0 Å². The van der Waals surface area contributed by atoms with Crippen molar-refractivity contribution in [2.24, 2.45) is 4.99 Å². The first-order valence-electron chi connectivity index (χ1n) is 2.84. The first-order valence-corrected chi connectivity index (χ1v) is 2.84. The standard InChI is InChI=1S/C7H9NO2/c1-3-4-5-6(8-2)7(9)10/h1,6H,2,4-5H2,(H,9,10)/t6-/m0/s1. The molecule has 0 aromatic heterocycles. The van der Waals surface area contributed by atoms with E-state index in [4.69, 9.17) is 11.5 Å². The van der Waals surface area contributed by atoms with Gasteiger partial charge in [-0.2, -0.15) is 0 Å². The van der Waals surface area contributed by atoms with Crippen LogP contribution in [0.15, 0.2) is 4.99 Å². The Bertz CT molecular complexity index is 169. The minimum absolute atomic E-state index is 0.370. The predicted molar refractivity (Wildman–Crippen MR) is 39.0 cm³/mol. The van der Waals surface area contributed by atoms with Gasteiger partial charge in [0.15, 0.2) is 0 Å². The molecule has 1 N–H and O–H groups in total. The maximum atomic E-state index is 10.2. The molecule has 0 amide bonds.